The Kier molecular flexibility index (Phi) is 5.36. The van der Waals surface area contributed by atoms with Gasteiger partial charge in [0.1, 0.15) is 0 Å². The molecule has 2 atom stereocenters. The second kappa shape index (κ2) is 7.67. The molecule has 2 N–H and O–H groups in total. The van der Waals surface area contributed by atoms with E-state index in [1.165, 1.54) is 16.3 Å². The van der Waals surface area contributed by atoms with E-state index in [0.29, 0.717) is 6.42 Å². The number of aliphatic hydroxyl groups excluding tert-OH is 1. The molecule has 2 unspecified atom stereocenters. The van der Waals surface area contributed by atoms with Crippen LogP contribution in [0.2, 0.25) is 0 Å². The normalized spacial score (nSPS) is 18.8. The zero-order valence-electron chi connectivity index (χ0n) is 14.2. The minimum absolute atomic E-state index is 0.0101. The number of nitrogens with zero attached hydrogens (tertiary/aromatic N) is 1. The van der Waals surface area contributed by atoms with Gasteiger partial charge in [0.25, 0.3) is 0 Å². The van der Waals surface area contributed by atoms with Gasteiger partial charge in [-0.05, 0) is 48.9 Å². The van der Waals surface area contributed by atoms with Gasteiger partial charge in [-0.25, -0.2) is 4.79 Å². The van der Waals surface area contributed by atoms with Crippen LogP contribution in [0.3, 0.4) is 0 Å². The van der Waals surface area contributed by atoms with E-state index in [-0.39, 0.29) is 24.7 Å². The average Bonchev–Trinajstić information content (AvgIpc) is 3.09. The van der Waals surface area contributed by atoms with Crippen LogP contribution in [0.5, 0.6) is 0 Å². The first-order chi connectivity index (χ1) is 11.7. The number of carbonyl (C=O) groups is 1. The van der Waals surface area contributed by atoms with Crippen molar-refractivity contribution in [3.05, 3.63) is 48.0 Å². The minimum atomic E-state index is 0.0101. The number of hydrogen-bond acceptors (Lipinski definition) is 2. The van der Waals surface area contributed by atoms with E-state index in [4.69, 9.17) is 5.11 Å². The molecule has 2 amide bonds. The van der Waals surface area contributed by atoms with Crippen LogP contribution in [0.15, 0.2) is 42.5 Å². The summed E-state index contributed by atoms with van der Waals surface area (Å²) in [5.41, 5.74) is 1.24. The van der Waals surface area contributed by atoms with Crippen molar-refractivity contribution in [1.29, 1.82) is 0 Å². The largest absolute Gasteiger partial charge is 0.396 e. The lowest BCUT2D eigenvalue weighted by Crippen LogP contribution is -2.43. The fourth-order valence-electron chi connectivity index (χ4n) is 3.64. The summed E-state index contributed by atoms with van der Waals surface area (Å²) in [6.45, 7) is 2.96. The number of rotatable bonds is 5. The molecular weight excluding hydrogens is 300 g/mol. The Hall–Kier alpha value is -2.07. The summed E-state index contributed by atoms with van der Waals surface area (Å²) in [5.74, 6) is 0. The Morgan fingerprint density at radius 2 is 2.08 bits per heavy atom. The highest BCUT2D eigenvalue weighted by Crippen LogP contribution is 2.35. The molecule has 0 spiro atoms. The van der Waals surface area contributed by atoms with Gasteiger partial charge in [0.2, 0.25) is 0 Å². The third-order valence-corrected chi connectivity index (χ3v) is 4.86. The third kappa shape index (κ3) is 3.54. The molecule has 4 nitrogen and oxygen atoms in total. The predicted octanol–water partition coefficient (Wildman–Crippen LogP) is 3.85. The number of carbonyl (C=O) groups excluding carboxylic acids is 1. The van der Waals surface area contributed by atoms with Crippen molar-refractivity contribution in [3.63, 3.8) is 0 Å². The lowest BCUT2D eigenvalue weighted by Gasteiger charge is -2.28. The summed E-state index contributed by atoms with van der Waals surface area (Å²) < 4.78 is 0. The first-order valence-electron chi connectivity index (χ1n) is 8.86. The first-order valence-corrected chi connectivity index (χ1v) is 8.86. The molecule has 3 rings (SSSR count). The maximum Gasteiger partial charge on any atom is 0.318 e. The molecular formula is C20H26N2O2. The van der Waals surface area contributed by atoms with E-state index in [2.05, 4.69) is 41.7 Å². The first kappa shape index (κ1) is 16.8. The monoisotopic (exact) mass is 326 g/mol. The molecule has 2 aromatic rings. The summed E-state index contributed by atoms with van der Waals surface area (Å²) in [4.78, 5) is 14.7. The van der Waals surface area contributed by atoms with Gasteiger partial charge in [0.05, 0.1) is 6.04 Å². The molecule has 1 fully saturated rings. The van der Waals surface area contributed by atoms with Crippen molar-refractivity contribution in [2.45, 2.75) is 44.7 Å². The molecule has 1 aliphatic rings. The van der Waals surface area contributed by atoms with E-state index in [9.17, 15) is 4.79 Å². The number of benzene rings is 2. The molecule has 0 saturated carbocycles. The molecule has 1 saturated heterocycles. The van der Waals surface area contributed by atoms with Crippen LogP contribution in [-0.4, -0.2) is 35.2 Å². The van der Waals surface area contributed by atoms with Crippen LogP contribution >= 0.6 is 0 Å². The Labute approximate surface area is 143 Å². The van der Waals surface area contributed by atoms with Crippen LogP contribution in [0.1, 0.15) is 44.2 Å². The molecule has 4 heteroatoms. The van der Waals surface area contributed by atoms with Gasteiger partial charge < -0.3 is 15.3 Å². The number of urea groups is 1. The molecule has 2 aromatic carbocycles. The Bertz CT molecular complexity index is 696. The average molecular weight is 326 g/mol. The summed E-state index contributed by atoms with van der Waals surface area (Å²) in [6.07, 6.45) is 3.56. The molecule has 24 heavy (non-hydrogen) atoms. The summed E-state index contributed by atoms with van der Waals surface area (Å²) in [6, 6.07) is 14.9. The quantitative estimate of drug-likeness (QED) is 0.877. The number of likely N-dealkylation sites (tertiary alicyclic amines) is 1. The van der Waals surface area contributed by atoms with E-state index in [0.717, 1.165) is 25.8 Å². The van der Waals surface area contributed by atoms with Gasteiger partial charge >= 0.3 is 6.03 Å². The number of nitrogens with one attached hydrogen (secondary N) is 1. The summed E-state index contributed by atoms with van der Waals surface area (Å²) in [5, 5.41) is 14.5. The van der Waals surface area contributed by atoms with Crippen LogP contribution < -0.4 is 5.32 Å². The second-order valence-electron chi connectivity index (χ2n) is 6.64. The Morgan fingerprint density at radius 3 is 2.92 bits per heavy atom. The number of amides is 2. The summed E-state index contributed by atoms with van der Waals surface area (Å²) >= 11 is 0. The number of hydrogen-bond donors (Lipinski definition) is 2. The Balaban J connectivity index is 1.78. The smallest absolute Gasteiger partial charge is 0.318 e. The van der Waals surface area contributed by atoms with Crippen molar-refractivity contribution in [3.8, 4) is 0 Å². The van der Waals surface area contributed by atoms with Gasteiger partial charge in [-0.15, -0.1) is 0 Å². The highest BCUT2D eigenvalue weighted by atomic mass is 16.3. The zero-order chi connectivity index (χ0) is 16.9. The fourth-order valence-corrected chi connectivity index (χ4v) is 3.64. The van der Waals surface area contributed by atoms with E-state index >= 15 is 0 Å². The SMILES string of the molecule is CC(CCCO)NC(=O)N1CCCC1c1cccc2ccccc12. The standard InChI is InChI=1S/C20H26N2O2/c1-15(7-6-14-23)21-20(24)22-13-5-12-19(22)18-11-4-9-16-8-2-3-10-17(16)18/h2-4,8-11,15,19,23H,5-7,12-14H2,1H3,(H,21,24). The van der Waals surface area contributed by atoms with Gasteiger partial charge in [-0.2, -0.15) is 0 Å². The van der Waals surface area contributed by atoms with Crippen molar-refractivity contribution in [2.75, 3.05) is 13.2 Å². The second-order valence-corrected chi connectivity index (χ2v) is 6.64. The van der Waals surface area contributed by atoms with E-state index < -0.39 is 0 Å². The van der Waals surface area contributed by atoms with Gasteiger partial charge in [0, 0.05) is 19.2 Å². The van der Waals surface area contributed by atoms with Crippen molar-refractivity contribution < 1.29 is 9.90 Å². The number of aliphatic hydroxyl groups is 1. The minimum Gasteiger partial charge on any atom is -0.396 e. The highest BCUT2D eigenvalue weighted by Gasteiger charge is 2.31. The fraction of sp³-hybridized carbons (Fsp3) is 0.450. The third-order valence-electron chi connectivity index (χ3n) is 4.86. The predicted molar refractivity (Wildman–Crippen MR) is 96.9 cm³/mol. The van der Waals surface area contributed by atoms with Crippen LogP contribution in [0, 0.1) is 0 Å². The molecule has 1 aliphatic heterocycles. The topological polar surface area (TPSA) is 52.6 Å². The van der Waals surface area contributed by atoms with Crippen molar-refractivity contribution in [2.24, 2.45) is 0 Å². The molecule has 0 aromatic heterocycles. The van der Waals surface area contributed by atoms with Crippen molar-refractivity contribution in [1.82, 2.24) is 10.2 Å². The molecule has 1 heterocycles. The molecule has 0 aliphatic carbocycles. The maximum atomic E-state index is 12.7. The lowest BCUT2D eigenvalue weighted by molar-refractivity contribution is 0.188. The molecule has 0 radical (unpaired) electrons. The maximum absolute atomic E-state index is 12.7. The van der Waals surface area contributed by atoms with Gasteiger partial charge in [-0.1, -0.05) is 42.5 Å². The highest BCUT2D eigenvalue weighted by molar-refractivity contribution is 5.87. The van der Waals surface area contributed by atoms with Gasteiger partial charge in [0.15, 0.2) is 0 Å². The van der Waals surface area contributed by atoms with Crippen LogP contribution in [-0.2, 0) is 0 Å². The van der Waals surface area contributed by atoms with Crippen LogP contribution in [0.4, 0.5) is 4.79 Å². The number of fused-ring (bicyclic) bond motifs is 1. The molecule has 128 valence electrons. The molecule has 0 bridgehead atoms. The summed E-state index contributed by atoms with van der Waals surface area (Å²) in [7, 11) is 0. The van der Waals surface area contributed by atoms with Crippen molar-refractivity contribution >= 4 is 16.8 Å². The zero-order valence-corrected chi connectivity index (χ0v) is 14.2. The van der Waals surface area contributed by atoms with E-state index in [1.807, 2.05) is 17.9 Å². The Morgan fingerprint density at radius 1 is 1.29 bits per heavy atom. The van der Waals surface area contributed by atoms with E-state index in [1.54, 1.807) is 0 Å². The lowest BCUT2D eigenvalue weighted by atomic mass is 9.97. The van der Waals surface area contributed by atoms with Gasteiger partial charge in [-0.3, -0.25) is 0 Å². The van der Waals surface area contributed by atoms with Crippen LogP contribution in [0.25, 0.3) is 10.8 Å².